The van der Waals surface area contributed by atoms with Crippen molar-refractivity contribution in [3.8, 4) is 5.69 Å². The lowest BCUT2D eigenvalue weighted by Crippen LogP contribution is -2.32. The van der Waals surface area contributed by atoms with Crippen LogP contribution >= 0.6 is 22.7 Å². The third-order valence-electron chi connectivity index (χ3n) is 11.0. The van der Waals surface area contributed by atoms with Gasteiger partial charge in [0.15, 0.2) is 0 Å². The summed E-state index contributed by atoms with van der Waals surface area (Å²) in [6.45, 7) is 0. The number of benzene rings is 8. The Balaban J connectivity index is 1.17. The van der Waals surface area contributed by atoms with Crippen LogP contribution < -0.4 is 5.32 Å². The van der Waals surface area contributed by atoms with E-state index in [1.54, 1.807) is 0 Å². The zero-order valence-electron chi connectivity index (χ0n) is 28.4. The van der Waals surface area contributed by atoms with E-state index < -0.39 is 0 Å². The molecule has 53 heavy (non-hydrogen) atoms. The van der Waals surface area contributed by atoms with E-state index >= 15 is 0 Å². The standard InChI is InChI=1S/C48H29N3S2/c1-2-13-28(14-3-1)43-47-44(34-20-9-11-24-41(34)52-47)50-48(49-43)37-26-31-17-6-7-18-32(31)42-35-21-12-23-39(45(35)53-46(37)42)51-38-22-10-8-19-33(38)36-25-29-15-4-5-16-30(29)27-40(36)51/h1-27,43H,(H,49,50). The molecule has 5 heteroatoms. The highest BCUT2D eigenvalue weighted by Gasteiger charge is 2.30. The van der Waals surface area contributed by atoms with Crippen molar-refractivity contribution in [2.24, 2.45) is 4.99 Å². The van der Waals surface area contributed by atoms with E-state index in [2.05, 4.69) is 174 Å². The highest BCUT2D eigenvalue weighted by molar-refractivity contribution is 7.26. The summed E-state index contributed by atoms with van der Waals surface area (Å²) in [6.07, 6.45) is 0. The van der Waals surface area contributed by atoms with Gasteiger partial charge in [-0.1, -0.05) is 127 Å². The van der Waals surface area contributed by atoms with Gasteiger partial charge in [-0.3, -0.25) is 0 Å². The smallest absolute Gasteiger partial charge is 0.136 e. The quantitative estimate of drug-likeness (QED) is 0.194. The summed E-state index contributed by atoms with van der Waals surface area (Å²) in [4.78, 5) is 6.77. The van der Waals surface area contributed by atoms with Gasteiger partial charge in [0, 0.05) is 41.9 Å². The molecule has 0 amide bonds. The molecule has 1 N–H and O–H groups in total. The number of aromatic nitrogens is 1. The van der Waals surface area contributed by atoms with Crippen LogP contribution in [0, 0.1) is 0 Å². The molecule has 3 nitrogen and oxygen atoms in total. The molecule has 0 spiro atoms. The molecule has 0 saturated carbocycles. The number of thiophene rings is 2. The number of fused-ring (bicyclic) bond motifs is 12. The van der Waals surface area contributed by atoms with Gasteiger partial charge in [-0.25, -0.2) is 4.99 Å². The number of aliphatic imine (C=N–C) groups is 1. The van der Waals surface area contributed by atoms with Crippen LogP contribution in [0.2, 0.25) is 0 Å². The Hall–Kier alpha value is -6.27. The van der Waals surface area contributed by atoms with E-state index in [1.807, 2.05) is 22.7 Å². The van der Waals surface area contributed by atoms with E-state index in [4.69, 9.17) is 4.99 Å². The van der Waals surface area contributed by atoms with E-state index in [1.165, 1.54) is 89.7 Å². The van der Waals surface area contributed by atoms with Crippen molar-refractivity contribution < 1.29 is 0 Å². The molecule has 1 aliphatic rings. The fourth-order valence-corrected chi connectivity index (χ4v) is 11.2. The van der Waals surface area contributed by atoms with Gasteiger partial charge in [0.25, 0.3) is 0 Å². The van der Waals surface area contributed by atoms with Gasteiger partial charge in [0.2, 0.25) is 0 Å². The van der Waals surface area contributed by atoms with Crippen LogP contribution in [-0.4, -0.2) is 10.4 Å². The first kappa shape index (κ1) is 29.3. The van der Waals surface area contributed by atoms with Crippen LogP contribution in [0.15, 0.2) is 169 Å². The zero-order valence-corrected chi connectivity index (χ0v) is 30.0. The first-order valence-electron chi connectivity index (χ1n) is 18.0. The monoisotopic (exact) mass is 711 g/mol. The van der Waals surface area contributed by atoms with Crippen LogP contribution in [0.3, 0.4) is 0 Å². The maximum absolute atomic E-state index is 5.51. The molecule has 248 valence electrons. The molecule has 1 aliphatic heterocycles. The van der Waals surface area contributed by atoms with Crippen LogP contribution in [0.4, 0.5) is 5.69 Å². The van der Waals surface area contributed by atoms with Gasteiger partial charge in [-0.05, 0) is 63.5 Å². The minimum absolute atomic E-state index is 0.00464. The Bertz CT molecular complexity index is 3330. The molecule has 0 radical (unpaired) electrons. The Labute approximate surface area is 312 Å². The van der Waals surface area contributed by atoms with Crippen LogP contribution in [0.1, 0.15) is 22.0 Å². The lowest BCUT2D eigenvalue weighted by Gasteiger charge is -2.26. The van der Waals surface area contributed by atoms with Gasteiger partial charge in [0.1, 0.15) is 5.84 Å². The average molecular weight is 712 g/mol. The maximum atomic E-state index is 5.51. The third-order valence-corrected chi connectivity index (χ3v) is 13.5. The number of nitrogens with zero attached hydrogens (tertiary/aromatic N) is 2. The summed E-state index contributed by atoms with van der Waals surface area (Å²) < 4.78 is 6.27. The number of amidine groups is 1. The molecular weight excluding hydrogens is 683 g/mol. The summed E-state index contributed by atoms with van der Waals surface area (Å²) in [5.41, 5.74) is 7.10. The van der Waals surface area contributed by atoms with Crippen molar-refractivity contribution in [1.82, 2.24) is 9.88 Å². The van der Waals surface area contributed by atoms with Crippen molar-refractivity contribution in [3.05, 3.63) is 180 Å². The summed E-state index contributed by atoms with van der Waals surface area (Å²) in [6, 6.07) is 59.8. The molecule has 8 aromatic carbocycles. The predicted molar refractivity (Wildman–Crippen MR) is 228 cm³/mol. The molecule has 0 fully saturated rings. The molecule has 0 saturated heterocycles. The van der Waals surface area contributed by atoms with Crippen molar-refractivity contribution in [2.45, 2.75) is 6.04 Å². The van der Waals surface area contributed by atoms with Crippen molar-refractivity contribution in [2.75, 3.05) is 0 Å². The van der Waals surface area contributed by atoms with Gasteiger partial charge in [0.05, 0.1) is 38.0 Å². The van der Waals surface area contributed by atoms with Gasteiger partial charge < -0.3 is 9.88 Å². The highest BCUT2D eigenvalue weighted by Crippen LogP contribution is 2.49. The largest absolute Gasteiger partial charge is 0.358 e. The zero-order chi connectivity index (χ0) is 34.6. The number of nitrogens with one attached hydrogen (secondary N) is 1. The molecule has 0 bridgehead atoms. The first-order chi connectivity index (χ1) is 26.3. The minimum Gasteiger partial charge on any atom is -0.358 e. The molecule has 1 atom stereocenters. The van der Waals surface area contributed by atoms with E-state index in [0.29, 0.717) is 0 Å². The number of hydrogen-bond acceptors (Lipinski definition) is 4. The summed E-state index contributed by atoms with van der Waals surface area (Å²) in [7, 11) is 0. The first-order valence-corrected chi connectivity index (χ1v) is 19.6. The van der Waals surface area contributed by atoms with Crippen LogP contribution in [-0.2, 0) is 0 Å². The summed E-state index contributed by atoms with van der Waals surface area (Å²) >= 11 is 3.73. The molecule has 4 heterocycles. The lowest BCUT2D eigenvalue weighted by atomic mass is 9.97. The lowest BCUT2D eigenvalue weighted by molar-refractivity contribution is 0.767. The predicted octanol–water partition coefficient (Wildman–Crippen LogP) is 13.4. The van der Waals surface area contributed by atoms with E-state index in [0.717, 1.165) is 17.1 Å². The third kappa shape index (κ3) is 4.23. The Morgan fingerprint density at radius 3 is 2.08 bits per heavy atom. The maximum Gasteiger partial charge on any atom is 0.136 e. The van der Waals surface area contributed by atoms with Crippen molar-refractivity contribution in [1.29, 1.82) is 0 Å². The molecule has 12 rings (SSSR count). The molecule has 1 unspecified atom stereocenters. The molecule has 0 aliphatic carbocycles. The van der Waals surface area contributed by atoms with E-state index in [-0.39, 0.29) is 6.04 Å². The Morgan fingerprint density at radius 2 is 1.21 bits per heavy atom. The number of para-hydroxylation sites is 1. The normalized spacial score (nSPS) is 14.5. The average Bonchev–Trinajstić information content (AvgIpc) is 3.90. The second kappa shape index (κ2) is 11.1. The second-order valence-corrected chi connectivity index (χ2v) is 16.0. The Kier molecular flexibility index (Phi) is 6.15. The van der Waals surface area contributed by atoms with Crippen LogP contribution in [0.25, 0.3) is 79.3 Å². The second-order valence-electron chi connectivity index (χ2n) is 13.9. The van der Waals surface area contributed by atoms with Crippen molar-refractivity contribution in [3.63, 3.8) is 0 Å². The minimum atomic E-state index is -0.00464. The van der Waals surface area contributed by atoms with Gasteiger partial charge >= 0.3 is 0 Å². The van der Waals surface area contributed by atoms with Crippen LogP contribution in [0.5, 0.6) is 0 Å². The SMILES string of the molecule is c1ccc(C2NC(c3cc4ccccc4c4c3sc3c(-n5c6ccccc6c6cc7ccccc7cc65)cccc34)=Nc3c2sc2ccccc32)cc1. The highest BCUT2D eigenvalue weighted by atomic mass is 32.1. The fraction of sp³-hybridized carbons (Fsp3) is 0.0208. The fourth-order valence-electron chi connectivity index (χ4n) is 8.63. The summed E-state index contributed by atoms with van der Waals surface area (Å²) in [5, 5.41) is 15.3. The van der Waals surface area contributed by atoms with Gasteiger partial charge in [-0.2, -0.15) is 0 Å². The van der Waals surface area contributed by atoms with Gasteiger partial charge in [-0.15, -0.1) is 22.7 Å². The number of rotatable bonds is 3. The number of hydrogen-bond donors (Lipinski definition) is 1. The molecular formula is C48H29N3S2. The topological polar surface area (TPSA) is 29.3 Å². The van der Waals surface area contributed by atoms with Crippen molar-refractivity contribution >= 4 is 108 Å². The Morgan fingerprint density at radius 1 is 0.509 bits per heavy atom. The van der Waals surface area contributed by atoms with E-state index in [9.17, 15) is 0 Å². The molecule has 11 aromatic rings. The summed E-state index contributed by atoms with van der Waals surface area (Å²) in [5.74, 6) is 0.919. The molecule has 3 aromatic heterocycles.